The third kappa shape index (κ3) is 1.93. The lowest BCUT2D eigenvalue weighted by atomic mass is 10.2. The second kappa shape index (κ2) is 4.04. The van der Waals surface area contributed by atoms with Crippen LogP contribution in [0.25, 0.3) is 0 Å². The molecule has 0 saturated carbocycles. The fourth-order valence-electron chi connectivity index (χ4n) is 0.832. The van der Waals surface area contributed by atoms with Crippen molar-refractivity contribution < 1.29 is 9.57 Å². The van der Waals surface area contributed by atoms with E-state index in [1.807, 2.05) is 13.0 Å². The maximum absolute atomic E-state index is 5.02. The normalized spacial score (nSPS) is 12.6. The van der Waals surface area contributed by atoms with E-state index in [1.54, 1.807) is 19.4 Å². The molecule has 1 rings (SSSR count). The quantitative estimate of drug-likeness (QED) is 0.685. The Morgan fingerprint density at radius 2 is 2.25 bits per heavy atom. The number of ether oxygens (including phenoxy) is 1. The van der Waals surface area contributed by atoms with Crippen molar-refractivity contribution in [2.75, 3.05) is 7.11 Å². The third-order valence-corrected chi connectivity index (χ3v) is 1.64. The SMILES string of the molecule is COc1ccc(C(C)ON)cn1. The highest BCUT2D eigenvalue weighted by Crippen LogP contribution is 2.15. The summed E-state index contributed by atoms with van der Waals surface area (Å²) in [6.07, 6.45) is 1.54. The molecule has 0 saturated heterocycles. The van der Waals surface area contributed by atoms with Crippen LogP contribution < -0.4 is 10.6 Å². The Bertz CT molecular complexity index is 235. The summed E-state index contributed by atoms with van der Waals surface area (Å²) in [7, 11) is 1.57. The smallest absolute Gasteiger partial charge is 0.212 e. The Kier molecular flexibility index (Phi) is 3.01. The number of nitrogens with two attached hydrogens (primary N) is 1. The number of rotatable bonds is 3. The van der Waals surface area contributed by atoms with Crippen molar-refractivity contribution in [2.24, 2.45) is 5.90 Å². The third-order valence-electron chi connectivity index (χ3n) is 1.64. The first-order chi connectivity index (χ1) is 5.77. The van der Waals surface area contributed by atoms with Crippen molar-refractivity contribution in [1.82, 2.24) is 4.98 Å². The summed E-state index contributed by atoms with van der Waals surface area (Å²) in [5.41, 5.74) is 0.929. The van der Waals surface area contributed by atoms with Crippen LogP contribution in [0.3, 0.4) is 0 Å². The average molecular weight is 168 g/mol. The molecule has 0 radical (unpaired) electrons. The first-order valence-electron chi connectivity index (χ1n) is 3.63. The highest BCUT2D eigenvalue weighted by atomic mass is 16.6. The largest absolute Gasteiger partial charge is 0.481 e. The second-order valence-corrected chi connectivity index (χ2v) is 2.41. The van der Waals surface area contributed by atoms with Crippen LogP contribution in [0.5, 0.6) is 5.88 Å². The van der Waals surface area contributed by atoms with E-state index in [0.29, 0.717) is 5.88 Å². The van der Waals surface area contributed by atoms with Gasteiger partial charge in [-0.3, -0.25) is 4.84 Å². The highest BCUT2D eigenvalue weighted by Gasteiger charge is 2.03. The van der Waals surface area contributed by atoms with Gasteiger partial charge < -0.3 is 4.74 Å². The van der Waals surface area contributed by atoms with Crippen LogP contribution in [-0.4, -0.2) is 12.1 Å². The predicted molar refractivity (Wildman–Crippen MR) is 44.5 cm³/mol. The van der Waals surface area contributed by atoms with E-state index in [0.717, 1.165) is 5.56 Å². The average Bonchev–Trinajstić information content (AvgIpc) is 2.17. The van der Waals surface area contributed by atoms with Crippen molar-refractivity contribution in [1.29, 1.82) is 0 Å². The van der Waals surface area contributed by atoms with Crippen molar-refractivity contribution in [3.63, 3.8) is 0 Å². The number of nitrogens with zero attached hydrogens (tertiary/aromatic N) is 1. The molecule has 4 heteroatoms. The van der Waals surface area contributed by atoms with Crippen LogP contribution in [-0.2, 0) is 4.84 Å². The molecule has 0 aliphatic carbocycles. The monoisotopic (exact) mass is 168 g/mol. The molecular weight excluding hydrogens is 156 g/mol. The number of hydrogen-bond acceptors (Lipinski definition) is 4. The van der Waals surface area contributed by atoms with Gasteiger partial charge in [-0.15, -0.1) is 0 Å². The Labute approximate surface area is 71.3 Å². The fraction of sp³-hybridized carbons (Fsp3) is 0.375. The van der Waals surface area contributed by atoms with Gasteiger partial charge in [0.1, 0.15) is 6.10 Å². The molecule has 0 bridgehead atoms. The molecule has 1 aromatic rings. The molecule has 1 atom stereocenters. The highest BCUT2D eigenvalue weighted by molar-refractivity contribution is 5.19. The molecule has 0 aromatic carbocycles. The first-order valence-corrected chi connectivity index (χ1v) is 3.63. The lowest BCUT2D eigenvalue weighted by Crippen LogP contribution is -2.05. The summed E-state index contributed by atoms with van der Waals surface area (Å²) in [5.74, 6) is 5.60. The Balaban J connectivity index is 2.77. The zero-order valence-corrected chi connectivity index (χ0v) is 7.15. The van der Waals surface area contributed by atoms with E-state index in [9.17, 15) is 0 Å². The van der Waals surface area contributed by atoms with Crippen LogP contribution in [0.2, 0.25) is 0 Å². The van der Waals surface area contributed by atoms with Crippen LogP contribution in [0, 0.1) is 0 Å². The molecule has 0 amide bonds. The summed E-state index contributed by atoms with van der Waals surface area (Å²) in [5, 5.41) is 0. The number of hydrogen-bond donors (Lipinski definition) is 1. The molecule has 1 unspecified atom stereocenters. The first kappa shape index (κ1) is 8.96. The second-order valence-electron chi connectivity index (χ2n) is 2.41. The Hall–Kier alpha value is -1.13. The van der Waals surface area contributed by atoms with E-state index in [2.05, 4.69) is 9.82 Å². The number of methoxy groups -OCH3 is 1. The van der Waals surface area contributed by atoms with Gasteiger partial charge in [-0.25, -0.2) is 10.9 Å². The van der Waals surface area contributed by atoms with E-state index >= 15 is 0 Å². The minimum atomic E-state index is -0.136. The molecule has 0 aliphatic heterocycles. The van der Waals surface area contributed by atoms with Crippen LogP contribution >= 0.6 is 0 Å². The molecule has 1 heterocycles. The Morgan fingerprint density at radius 1 is 1.50 bits per heavy atom. The summed E-state index contributed by atoms with van der Waals surface area (Å²) < 4.78 is 4.90. The molecule has 0 fully saturated rings. The van der Waals surface area contributed by atoms with Gasteiger partial charge in [0.25, 0.3) is 0 Å². The van der Waals surface area contributed by atoms with Gasteiger partial charge in [0.05, 0.1) is 7.11 Å². The van der Waals surface area contributed by atoms with E-state index in [1.165, 1.54) is 0 Å². The van der Waals surface area contributed by atoms with Crippen LogP contribution in [0.4, 0.5) is 0 Å². The van der Waals surface area contributed by atoms with Gasteiger partial charge in [-0.1, -0.05) is 0 Å². The van der Waals surface area contributed by atoms with Crippen LogP contribution in [0.1, 0.15) is 18.6 Å². The minimum absolute atomic E-state index is 0.136. The maximum atomic E-state index is 5.02. The summed E-state index contributed by atoms with van der Waals surface area (Å²) in [4.78, 5) is 8.64. The van der Waals surface area contributed by atoms with E-state index < -0.39 is 0 Å². The lowest BCUT2D eigenvalue weighted by molar-refractivity contribution is 0.0661. The molecule has 4 nitrogen and oxygen atoms in total. The fourth-order valence-corrected chi connectivity index (χ4v) is 0.832. The van der Waals surface area contributed by atoms with E-state index in [-0.39, 0.29) is 6.10 Å². The summed E-state index contributed by atoms with van der Waals surface area (Å²) in [6, 6.07) is 3.63. The van der Waals surface area contributed by atoms with Gasteiger partial charge in [-0.2, -0.15) is 0 Å². The van der Waals surface area contributed by atoms with Gasteiger partial charge in [0.15, 0.2) is 0 Å². The molecule has 0 aliphatic rings. The summed E-state index contributed by atoms with van der Waals surface area (Å²) >= 11 is 0. The predicted octanol–water partition coefficient (Wildman–Crippen LogP) is 1.04. The number of aromatic nitrogens is 1. The van der Waals surface area contributed by atoms with Gasteiger partial charge in [0, 0.05) is 17.8 Å². The lowest BCUT2D eigenvalue weighted by Gasteiger charge is -2.07. The molecule has 66 valence electrons. The van der Waals surface area contributed by atoms with Crippen molar-refractivity contribution in [3.8, 4) is 5.88 Å². The molecular formula is C8H12N2O2. The van der Waals surface area contributed by atoms with Crippen molar-refractivity contribution in [3.05, 3.63) is 23.9 Å². The Morgan fingerprint density at radius 3 is 2.67 bits per heavy atom. The van der Waals surface area contributed by atoms with E-state index in [4.69, 9.17) is 10.6 Å². The topological polar surface area (TPSA) is 57.4 Å². The zero-order valence-electron chi connectivity index (χ0n) is 7.15. The minimum Gasteiger partial charge on any atom is -0.481 e. The molecule has 12 heavy (non-hydrogen) atoms. The van der Waals surface area contributed by atoms with Gasteiger partial charge >= 0.3 is 0 Å². The van der Waals surface area contributed by atoms with Crippen molar-refractivity contribution in [2.45, 2.75) is 13.0 Å². The standard InChI is InChI=1S/C8H12N2O2/c1-6(12-9)7-3-4-8(11-2)10-5-7/h3-6H,9H2,1-2H3. The summed E-state index contributed by atoms with van der Waals surface area (Å²) in [6.45, 7) is 1.85. The van der Waals surface area contributed by atoms with Gasteiger partial charge in [0.2, 0.25) is 5.88 Å². The van der Waals surface area contributed by atoms with Gasteiger partial charge in [-0.05, 0) is 13.0 Å². The molecule has 1 aromatic heterocycles. The number of pyridine rings is 1. The maximum Gasteiger partial charge on any atom is 0.212 e. The van der Waals surface area contributed by atoms with Crippen LogP contribution in [0.15, 0.2) is 18.3 Å². The molecule has 0 spiro atoms. The molecule has 2 N–H and O–H groups in total. The van der Waals surface area contributed by atoms with Crippen molar-refractivity contribution >= 4 is 0 Å². The zero-order chi connectivity index (χ0) is 8.97.